The second kappa shape index (κ2) is 5.21. The first-order valence-corrected chi connectivity index (χ1v) is 6.52. The molecule has 3 rings (SSSR count). The molecular weight excluding hydrogens is 248 g/mol. The van der Waals surface area contributed by atoms with Crippen LogP contribution in [0.4, 0.5) is 0 Å². The molecule has 0 aliphatic carbocycles. The van der Waals surface area contributed by atoms with Gasteiger partial charge in [0.15, 0.2) is 5.78 Å². The van der Waals surface area contributed by atoms with Crippen LogP contribution in [-0.2, 0) is 6.42 Å². The number of pyridine rings is 2. The standard InChI is InChI=1S/C17H14N2O/c1-12-2-3-14-11-15(4-5-16(14)19-12)17(20)10-13-6-8-18-9-7-13/h2-9,11H,10H2,1H3. The third-order valence-electron chi connectivity index (χ3n) is 3.26. The molecule has 0 radical (unpaired) electrons. The number of benzene rings is 1. The van der Waals surface area contributed by atoms with E-state index in [2.05, 4.69) is 9.97 Å². The van der Waals surface area contributed by atoms with E-state index in [9.17, 15) is 4.79 Å². The summed E-state index contributed by atoms with van der Waals surface area (Å²) in [6, 6.07) is 13.3. The van der Waals surface area contributed by atoms with Crippen molar-refractivity contribution in [1.29, 1.82) is 0 Å². The summed E-state index contributed by atoms with van der Waals surface area (Å²) in [5.41, 5.74) is 3.60. The van der Waals surface area contributed by atoms with Crippen LogP contribution in [0.25, 0.3) is 10.9 Å². The van der Waals surface area contributed by atoms with Gasteiger partial charge >= 0.3 is 0 Å². The van der Waals surface area contributed by atoms with Crippen LogP contribution in [-0.4, -0.2) is 15.8 Å². The highest BCUT2D eigenvalue weighted by Gasteiger charge is 2.08. The molecule has 3 nitrogen and oxygen atoms in total. The maximum atomic E-state index is 12.3. The molecule has 0 amide bonds. The Morgan fingerprint density at radius 1 is 1.05 bits per heavy atom. The minimum absolute atomic E-state index is 0.110. The van der Waals surface area contributed by atoms with Crippen LogP contribution in [0.3, 0.4) is 0 Å². The second-order valence-corrected chi connectivity index (χ2v) is 4.82. The monoisotopic (exact) mass is 262 g/mol. The van der Waals surface area contributed by atoms with E-state index < -0.39 is 0 Å². The van der Waals surface area contributed by atoms with Gasteiger partial charge in [0.2, 0.25) is 0 Å². The first-order chi connectivity index (χ1) is 9.72. The number of carbonyl (C=O) groups is 1. The molecule has 0 fully saturated rings. The van der Waals surface area contributed by atoms with E-state index in [1.807, 2.05) is 49.4 Å². The van der Waals surface area contributed by atoms with Gasteiger partial charge in [0.25, 0.3) is 0 Å². The van der Waals surface area contributed by atoms with E-state index in [1.165, 1.54) is 0 Å². The quantitative estimate of drug-likeness (QED) is 0.680. The van der Waals surface area contributed by atoms with Gasteiger partial charge in [-0.25, -0.2) is 0 Å². The van der Waals surface area contributed by atoms with Crippen LogP contribution >= 0.6 is 0 Å². The summed E-state index contributed by atoms with van der Waals surface area (Å²) in [6.07, 6.45) is 3.80. The van der Waals surface area contributed by atoms with Crippen molar-refractivity contribution < 1.29 is 4.79 Å². The van der Waals surface area contributed by atoms with Gasteiger partial charge in [-0.1, -0.05) is 6.07 Å². The third-order valence-corrected chi connectivity index (χ3v) is 3.26. The summed E-state index contributed by atoms with van der Waals surface area (Å²) in [5.74, 6) is 0.110. The Labute approximate surface area is 117 Å². The maximum absolute atomic E-state index is 12.3. The molecule has 0 aliphatic heterocycles. The number of hydrogen-bond donors (Lipinski definition) is 0. The van der Waals surface area contributed by atoms with Gasteiger partial charge in [0.1, 0.15) is 0 Å². The largest absolute Gasteiger partial charge is 0.294 e. The molecule has 0 spiro atoms. The number of nitrogens with zero attached hydrogens (tertiary/aromatic N) is 2. The predicted octanol–water partition coefficient (Wildman–Crippen LogP) is 3.36. The van der Waals surface area contributed by atoms with Gasteiger partial charge in [0.05, 0.1) is 5.52 Å². The van der Waals surface area contributed by atoms with Crippen LogP contribution in [0.2, 0.25) is 0 Å². The number of fused-ring (bicyclic) bond motifs is 1. The molecule has 1 aromatic carbocycles. The van der Waals surface area contributed by atoms with Gasteiger partial charge in [-0.3, -0.25) is 14.8 Å². The fourth-order valence-electron chi connectivity index (χ4n) is 2.19. The highest BCUT2D eigenvalue weighted by molar-refractivity contribution is 6.00. The fraction of sp³-hybridized carbons (Fsp3) is 0.118. The Morgan fingerprint density at radius 3 is 2.65 bits per heavy atom. The van der Waals surface area contributed by atoms with Crippen LogP contribution in [0, 0.1) is 6.92 Å². The highest BCUT2D eigenvalue weighted by atomic mass is 16.1. The summed E-state index contributed by atoms with van der Waals surface area (Å²) >= 11 is 0. The van der Waals surface area contributed by atoms with E-state index >= 15 is 0 Å². The Kier molecular flexibility index (Phi) is 3.25. The van der Waals surface area contributed by atoms with Crippen molar-refractivity contribution in [1.82, 2.24) is 9.97 Å². The van der Waals surface area contributed by atoms with Gasteiger partial charge < -0.3 is 0 Å². The number of hydrogen-bond acceptors (Lipinski definition) is 3. The number of aryl methyl sites for hydroxylation is 1. The van der Waals surface area contributed by atoms with E-state index in [0.29, 0.717) is 6.42 Å². The number of rotatable bonds is 3. The predicted molar refractivity (Wildman–Crippen MR) is 78.8 cm³/mol. The van der Waals surface area contributed by atoms with Crippen molar-refractivity contribution in [2.24, 2.45) is 0 Å². The first-order valence-electron chi connectivity index (χ1n) is 6.52. The topological polar surface area (TPSA) is 42.9 Å². The fourth-order valence-corrected chi connectivity index (χ4v) is 2.19. The van der Waals surface area contributed by atoms with Crippen LogP contribution in [0.5, 0.6) is 0 Å². The maximum Gasteiger partial charge on any atom is 0.167 e. The number of ketones is 1. The lowest BCUT2D eigenvalue weighted by molar-refractivity contribution is 0.0993. The molecule has 0 N–H and O–H groups in total. The minimum atomic E-state index is 0.110. The average Bonchev–Trinajstić information content (AvgIpc) is 2.47. The van der Waals surface area contributed by atoms with E-state index in [4.69, 9.17) is 0 Å². The van der Waals surface area contributed by atoms with Crippen molar-refractivity contribution in [3.05, 3.63) is 71.7 Å². The van der Waals surface area contributed by atoms with Gasteiger partial charge in [-0.05, 0) is 48.9 Å². The normalized spacial score (nSPS) is 10.7. The molecule has 3 heteroatoms. The molecule has 2 heterocycles. The van der Waals surface area contributed by atoms with Crippen molar-refractivity contribution >= 4 is 16.7 Å². The molecule has 3 aromatic rings. The lowest BCUT2D eigenvalue weighted by Crippen LogP contribution is -2.03. The molecule has 20 heavy (non-hydrogen) atoms. The van der Waals surface area contributed by atoms with Crippen molar-refractivity contribution in [3.63, 3.8) is 0 Å². The Balaban J connectivity index is 1.90. The van der Waals surface area contributed by atoms with Gasteiger partial charge in [-0.15, -0.1) is 0 Å². The summed E-state index contributed by atoms with van der Waals surface area (Å²) < 4.78 is 0. The summed E-state index contributed by atoms with van der Waals surface area (Å²) in [4.78, 5) is 20.7. The molecular formula is C17H14N2O. The minimum Gasteiger partial charge on any atom is -0.294 e. The summed E-state index contributed by atoms with van der Waals surface area (Å²) in [6.45, 7) is 1.96. The number of Topliss-reactive ketones (excluding diaryl/α,β-unsaturated/α-hetero) is 1. The Bertz CT molecular complexity index is 766. The first kappa shape index (κ1) is 12.5. The lowest BCUT2D eigenvalue weighted by atomic mass is 10.0. The SMILES string of the molecule is Cc1ccc2cc(C(=O)Cc3ccncc3)ccc2n1. The third kappa shape index (κ3) is 2.57. The summed E-state index contributed by atoms with van der Waals surface area (Å²) in [5, 5.41) is 0.996. The van der Waals surface area contributed by atoms with E-state index in [0.717, 1.165) is 27.7 Å². The molecule has 98 valence electrons. The Morgan fingerprint density at radius 2 is 1.85 bits per heavy atom. The van der Waals surface area contributed by atoms with Crippen LogP contribution in [0.15, 0.2) is 54.9 Å². The van der Waals surface area contributed by atoms with Crippen molar-refractivity contribution in [2.45, 2.75) is 13.3 Å². The van der Waals surface area contributed by atoms with Gasteiger partial charge in [-0.2, -0.15) is 0 Å². The molecule has 0 aliphatic rings. The van der Waals surface area contributed by atoms with Crippen molar-refractivity contribution in [3.8, 4) is 0 Å². The van der Waals surface area contributed by atoms with Gasteiger partial charge in [0, 0.05) is 35.5 Å². The molecule has 2 aromatic heterocycles. The van der Waals surface area contributed by atoms with E-state index in [1.54, 1.807) is 12.4 Å². The molecule has 0 atom stereocenters. The smallest absolute Gasteiger partial charge is 0.167 e. The average molecular weight is 262 g/mol. The molecule has 0 bridgehead atoms. The zero-order valence-electron chi connectivity index (χ0n) is 11.2. The van der Waals surface area contributed by atoms with Crippen LogP contribution < -0.4 is 0 Å². The zero-order chi connectivity index (χ0) is 13.9. The zero-order valence-corrected chi connectivity index (χ0v) is 11.2. The number of carbonyl (C=O) groups excluding carboxylic acids is 1. The van der Waals surface area contributed by atoms with Crippen molar-refractivity contribution in [2.75, 3.05) is 0 Å². The second-order valence-electron chi connectivity index (χ2n) is 4.82. The summed E-state index contributed by atoms with van der Waals surface area (Å²) in [7, 11) is 0. The lowest BCUT2D eigenvalue weighted by Gasteiger charge is -2.04. The van der Waals surface area contributed by atoms with E-state index in [-0.39, 0.29) is 5.78 Å². The molecule has 0 unspecified atom stereocenters. The Hall–Kier alpha value is -2.55. The number of aromatic nitrogens is 2. The molecule has 0 saturated carbocycles. The highest BCUT2D eigenvalue weighted by Crippen LogP contribution is 2.16. The molecule has 0 saturated heterocycles. The van der Waals surface area contributed by atoms with Crippen LogP contribution in [0.1, 0.15) is 21.6 Å².